The monoisotopic (exact) mass is 414 g/mol. The number of rotatable bonds is 1. The summed E-state index contributed by atoms with van der Waals surface area (Å²) in [4.78, 5) is 37.4. The Morgan fingerprint density at radius 1 is 1.17 bits per heavy atom. The number of hydrogen-bond donors (Lipinski definition) is 0. The van der Waals surface area contributed by atoms with Gasteiger partial charge < -0.3 is 14.2 Å². The van der Waals surface area contributed by atoms with Crippen LogP contribution in [0.15, 0.2) is 11.6 Å². The normalized spacial score (nSPS) is 53.2. The molecule has 6 unspecified atom stereocenters. The highest BCUT2D eigenvalue weighted by atomic mass is 16.6. The first-order valence-corrected chi connectivity index (χ1v) is 11.4. The Hall–Kier alpha value is -1.69. The van der Waals surface area contributed by atoms with Crippen LogP contribution in [0.5, 0.6) is 0 Å². The van der Waals surface area contributed by atoms with E-state index in [1.54, 1.807) is 0 Å². The summed E-state index contributed by atoms with van der Waals surface area (Å²) in [5.74, 6) is -0.292. The first kappa shape index (κ1) is 19.0. The second-order valence-electron chi connectivity index (χ2n) is 10.9. The average Bonchev–Trinajstić information content (AvgIpc) is 3.20. The number of ether oxygens (including phenoxy) is 3. The van der Waals surface area contributed by atoms with E-state index < -0.39 is 17.1 Å². The van der Waals surface area contributed by atoms with E-state index in [4.69, 9.17) is 14.2 Å². The molecule has 162 valence electrons. The molecule has 6 heteroatoms. The topological polar surface area (TPSA) is 82.2 Å². The second-order valence-corrected chi connectivity index (χ2v) is 10.9. The molecule has 0 aromatic heterocycles. The molecule has 8 atom stereocenters. The van der Waals surface area contributed by atoms with Crippen molar-refractivity contribution in [2.24, 2.45) is 28.6 Å². The van der Waals surface area contributed by atoms with Crippen molar-refractivity contribution in [2.75, 3.05) is 7.11 Å². The molecule has 0 N–H and O–H groups in total. The molecule has 0 radical (unpaired) electrons. The van der Waals surface area contributed by atoms with Crippen LogP contribution in [0.2, 0.25) is 0 Å². The van der Waals surface area contributed by atoms with Gasteiger partial charge in [0, 0.05) is 36.0 Å². The number of epoxide rings is 1. The first-order chi connectivity index (χ1) is 14.2. The van der Waals surface area contributed by atoms with E-state index in [9.17, 15) is 14.4 Å². The van der Waals surface area contributed by atoms with Gasteiger partial charge in [-0.1, -0.05) is 25.5 Å². The van der Waals surface area contributed by atoms with Crippen molar-refractivity contribution in [1.82, 2.24) is 0 Å². The summed E-state index contributed by atoms with van der Waals surface area (Å²) >= 11 is 0. The van der Waals surface area contributed by atoms with Crippen LogP contribution in [-0.2, 0) is 28.6 Å². The summed E-state index contributed by atoms with van der Waals surface area (Å²) in [7, 11) is 1.44. The van der Waals surface area contributed by atoms with Gasteiger partial charge in [-0.25, -0.2) is 0 Å². The Kier molecular flexibility index (Phi) is 3.53. The van der Waals surface area contributed by atoms with Gasteiger partial charge in [0.15, 0.2) is 0 Å². The number of fused-ring (bicyclic) bond motifs is 4. The van der Waals surface area contributed by atoms with Gasteiger partial charge in [0.1, 0.15) is 17.0 Å². The molecule has 0 bridgehead atoms. The molecule has 6 nitrogen and oxygen atoms in total. The zero-order chi connectivity index (χ0) is 21.1. The lowest BCUT2D eigenvalue weighted by Gasteiger charge is -2.57. The van der Waals surface area contributed by atoms with Gasteiger partial charge in [-0.15, -0.1) is 0 Å². The highest BCUT2D eigenvalue weighted by molar-refractivity contribution is 5.84. The SMILES string of the molecule is COC(=O)[C@@H]1C=C2CC(=O)CCC2(C)[C@@]23OC2CC2(C)C(CCC24CCC(=O)O4)C13. The molecule has 6 rings (SSSR count). The quantitative estimate of drug-likeness (QED) is 0.372. The number of carbonyl (C=O) groups is 3. The third kappa shape index (κ3) is 1.94. The fourth-order valence-corrected chi connectivity index (χ4v) is 8.59. The van der Waals surface area contributed by atoms with Gasteiger partial charge >= 0.3 is 11.9 Å². The van der Waals surface area contributed by atoms with E-state index in [1.807, 2.05) is 0 Å². The van der Waals surface area contributed by atoms with Crippen LogP contribution in [0.3, 0.4) is 0 Å². The maximum atomic E-state index is 13.0. The summed E-state index contributed by atoms with van der Waals surface area (Å²) in [5, 5.41) is 0. The van der Waals surface area contributed by atoms with Crippen LogP contribution in [0, 0.1) is 28.6 Å². The largest absolute Gasteiger partial charge is 0.469 e. The van der Waals surface area contributed by atoms with Crippen LogP contribution in [0.25, 0.3) is 0 Å². The zero-order valence-electron chi connectivity index (χ0n) is 18.0. The van der Waals surface area contributed by atoms with E-state index in [0.717, 1.165) is 37.7 Å². The van der Waals surface area contributed by atoms with E-state index in [0.29, 0.717) is 19.3 Å². The predicted octanol–water partition coefficient (Wildman–Crippen LogP) is 3.12. The van der Waals surface area contributed by atoms with E-state index >= 15 is 0 Å². The maximum Gasteiger partial charge on any atom is 0.312 e. The standard InChI is InChI=1S/C24H30O6/c1-21-7-4-14(25)10-13(21)11-15(20(27)28-3)19-16-5-8-23(9-6-18(26)30-23)22(16,2)12-17-24(19,21)29-17/h11,15-17,19H,4-10,12H2,1-3H3/t15-,16?,17?,19?,21?,22?,23?,24-/m1/s1. The molecule has 0 aromatic rings. The molecule has 3 saturated carbocycles. The molecule has 2 saturated heterocycles. The lowest BCUT2D eigenvalue weighted by molar-refractivity contribution is -0.169. The number of hydrogen-bond acceptors (Lipinski definition) is 6. The minimum absolute atomic E-state index is 0.00525. The Morgan fingerprint density at radius 3 is 2.67 bits per heavy atom. The van der Waals surface area contributed by atoms with Gasteiger partial charge in [0.25, 0.3) is 0 Å². The predicted molar refractivity (Wildman–Crippen MR) is 105 cm³/mol. The van der Waals surface area contributed by atoms with Crippen LogP contribution >= 0.6 is 0 Å². The van der Waals surface area contributed by atoms with Crippen molar-refractivity contribution in [3.63, 3.8) is 0 Å². The van der Waals surface area contributed by atoms with Crippen molar-refractivity contribution in [1.29, 1.82) is 0 Å². The molecule has 6 aliphatic rings. The number of carbonyl (C=O) groups excluding carboxylic acids is 3. The molecule has 5 fully saturated rings. The van der Waals surface area contributed by atoms with Crippen molar-refractivity contribution in [2.45, 2.75) is 82.5 Å². The number of esters is 2. The van der Waals surface area contributed by atoms with Gasteiger partial charge in [-0.3, -0.25) is 14.4 Å². The minimum Gasteiger partial charge on any atom is -0.469 e. The molecular weight excluding hydrogens is 384 g/mol. The average molecular weight is 414 g/mol. The summed E-state index contributed by atoms with van der Waals surface area (Å²) in [6, 6.07) is 0. The molecule has 0 aromatic carbocycles. The second kappa shape index (κ2) is 5.56. The molecule has 2 spiro atoms. The van der Waals surface area contributed by atoms with Gasteiger partial charge in [-0.05, 0) is 38.0 Å². The van der Waals surface area contributed by atoms with Gasteiger partial charge in [-0.2, -0.15) is 0 Å². The number of methoxy groups -OCH3 is 1. The zero-order valence-corrected chi connectivity index (χ0v) is 18.0. The Morgan fingerprint density at radius 2 is 1.97 bits per heavy atom. The van der Waals surface area contributed by atoms with Crippen LogP contribution in [0.4, 0.5) is 0 Å². The Balaban J connectivity index is 1.50. The molecule has 2 heterocycles. The van der Waals surface area contributed by atoms with Crippen LogP contribution < -0.4 is 0 Å². The third-order valence-electron chi connectivity index (χ3n) is 10.2. The highest BCUT2D eigenvalue weighted by Crippen LogP contribution is 2.77. The van der Waals surface area contributed by atoms with E-state index in [-0.39, 0.29) is 46.5 Å². The van der Waals surface area contributed by atoms with Crippen molar-refractivity contribution >= 4 is 17.7 Å². The summed E-state index contributed by atoms with van der Waals surface area (Å²) < 4.78 is 17.9. The Bertz CT molecular complexity index is 907. The lowest BCUT2D eigenvalue weighted by Crippen LogP contribution is -2.62. The van der Waals surface area contributed by atoms with Crippen LogP contribution in [0.1, 0.15) is 65.2 Å². The van der Waals surface area contributed by atoms with Gasteiger partial charge in [0.2, 0.25) is 0 Å². The fourth-order valence-electron chi connectivity index (χ4n) is 8.59. The van der Waals surface area contributed by atoms with Crippen LogP contribution in [-0.4, -0.2) is 42.1 Å². The molecule has 4 aliphatic carbocycles. The third-order valence-corrected chi connectivity index (χ3v) is 10.2. The molecule has 2 aliphatic heterocycles. The van der Waals surface area contributed by atoms with Crippen molar-refractivity contribution < 1.29 is 28.6 Å². The van der Waals surface area contributed by atoms with E-state index in [2.05, 4.69) is 19.9 Å². The van der Waals surface area contributed by atoms with Crippen molar-refractivity contribution in [3.8, 4) is 0 Å². The number of ketones is 1. The smallest absolute Gasteiger partial charge is 0.312 e. The Labute approximate surface area is 176 Å². The summed E-state index contributed by atoms with van der Waals surface area (Å²) in [5.41, 5.74) is -0.191. The first-order valence-electron chi connectivity index (χ1n) is 11.4. The van der Waals surface area contributed by atoms with E-state index in [1.165, 1.54) is 7.11 Å². The lowest BCUT2D eigenvalue weighted by atomic mass is 9.44. The minimum atomic E-state index is -0.430. The summed E-state index contributed by atoms with van der Waals surface area (Å²) in [6.45, 7) is 4.50. The highest BCUT2D eigenvalue weighted by Gasteiger charge is 2.83. The summed E-state index contributed by atoms with van der Waals surface area (Å²) in [6.07, 6.45) is 7.74. The number of Topliss-reactive ketones (excluding diaryl/α,β-unsaturated/α-hetero) is 1. The molecule has 30 heavy (non-hydrogen) atoms. The maximum absolute atomic E-state index is 13.0. The molecular formula is C24H30O6. The molecule has 0 amide bonds. The van der Waals surface area contributed by atoms with Gasteiger partial charge in [0.05, 0.1) is 19.1 Å². The fraction of sp³-hybridized carbons (Fsp3) is 0.792. The van der Waals surface area contributed by atoms with Crippen molar-refractivity contribution in [3.05, 3.63) is 11.6 Å².